The van der Waals surface area contributed by atoms with E-state index in [2.05, 4.69) is 0 Å². The summed E-state index contributed by atoms with van der Waals surface area (Å²) in [6.07, 6.45) is 0.427. The molecule has 1 aromatic rings. The summed E-state index contributed by atoms with van der Waals surface area (Å²) in [5.74, 6) is 0. The van der Waals surface area contributed by atoms with Crippen LogP contribution in [0.5, 0.6) is 0 Å². The predicted molar refractivity (Wildman–Crippen MR) is 67.9 cm³/mol. The number of hydrogen-bond donors (Lipinski definition) is 0. The fourth-order valence-electron chi connectivity index (χ4n) is 1.28. The molecule has 0 unspecified atom stereocenters. The second kappa shape index (κ2) is 7.06. The lowest BCUT2D eigenvalue weighted by atomic mass is 10.1. The Labute approximate surface area is 112 Å². The van der Waals surface area contributed by atoms with Gasteiger partial charge < -0.3 is 9.47 Å². The normalized spacial score (nSPS) is 13.5. The highest BCUT2D eigenvalue weighted by Gasteiger charge is 2.15. The molecular weight excluding hydrogens is 280 g/mol. The lowest BCUT2D eigenvalue weighted by Crippen LogP contribution is -2.16. The molecule has 0 spiro atoms. The van der Waals surface area contributed by atoms with E-state index in [9.17, 15) is 8.42 Å². The smallest absolute Gasteiger partial charge is 0.264 e. The van der Waals surface area contributed by atoms with Crippen molar-refractivity contribution in [1.29, 1.82) is 0 Å². The maximum atomic E-state index is 11.0. The number of halogens is 1. The quantitative estimate of drug-likeness (QED) is 0.568. The van der Waals surface area contributed by atoms with Gasteiger partial charge in [-0.05, 0) is 17.7 Å². The fraction of sp³-hybridized carbons (Fsp3) is 0.455. The Morgan fingerprint density at radius 1 is 1.39 bits per heavy atom. The van der Waals surface area contributed by atoms with E-state index in [0.29, 0.717) is 5.02 Å². The molecule has 7 heteroatoms. The highest BCUT2D eigenvalue weighted by Crippen LogP contribution is 2.21. The SMILES string of the molecule is COCO[C@@H](COS(C)(=O)=O)c1cccc(Cl)c1. The van der Waals surface area contributed by atoms with E-state index < -0.39 is 16.2 Å². The number of rotatable bonds is 7. The lowest BCUT2D eigenvalue weighted by Gasteiger charge is -2.17. The van der Waals surface area contributed by atoms with Crippen LogP contribution in [0, 0.1) is 0 Å². The van der Waals surface area contributed by atoms with Gasteiger partial charge in [-0.3, -0.25) is 4.18 Å². The number of ether oxygens (including phenoxy) is 2. The maximum Gasteiger partial charge on any atom is 0.264 e. The molecule has 0 saturated carbocycles. The van der Waals surface area contributed by atoms with E-state index in [1.165, 1.54) is 7.11 Å². The molecule has 0 saturated heterocycles. The molecule has 0 fully saturated rings. The van der Waals surface area contributed by atoms with Crippen LogP contribution in [0.2, 0.25) is 5.02 Å². The molecule has 1 atom stereocenters. The largest absolute Gasteiger partial charge is 0.359 e. The van der Waals surface area contributed by atoms with Crippen molar-refractivity contribution >= 4 is 21.7 Å². The van der Waals surface area contributed by atoms with Crippen molar-refractivity contribution in [2.24, 2.45) is 0 Å². The third-order valence-corrected chi connectivity index (χ3v) is 2.84. The predicted octanol–water partition coefficient (Wildman–Crippen LogP) is 1.98. The van der Waals surface area contributed by atoms with Gasteiger partial charge >= 0.3 is 0 Å². The Balaban J connectivity index is 2.77. The molecule has 0 aromatic heterocycles. The van der Waals surface area contributed by atoms with Crippen molar-refractivity contribution in [2.75, 3.05) is 26.8 Å². The molecule has 0 aliphatic carbocycles. The molecule has 5 nitrogen and oxygen atoms in total. The first-order chi connectivity index (χ1) is 8.42. The summed E-state index contributed by atoms with van der Waals surface area (Å²) in [5, 5.41) is 0.540. The van der Waals surface area contributed by atoms with E-state index in [1.807, 2.05) is 0 Å². The summed E-state index contributed by atoms with van der Waals surface area (Å²) in [4.78, 5) is 0. The molecule has 0 bridgehead atoms. The van der Waals surface area contributed by atoms with E-state index in [0.717, 1.165) is 11.8 Å². The van der Waals surface area contributed by atoms with Crippen molar-refractivity contribution in [3.05, 3.63) is 34.9 Å². The van der Waals surface area contributed by atoms with Gasteiger partial charge in [-0.25, -0.2) is 0 Å². The van der Waals surface area contributed by atoms with Gasteiger partial charge in [0.05, 0.1) is 12.9 Å². The maximum absolute atomic E-state index is 11.0. The summed E-state index contributed by atoms with van der Waals surface area (Å²) < 4.78 is 36.8. The van der Waals surface area contributed by atoms with Gasteiger partial charge in [0.1, 0.15) is 12.9 Å². The molecule has 18 heavy (non-hydrogen) atoms. The van der Waals surface area contributed by atoms with E-state index in [-0.39, 0.29) is 13.4 Å². The molecular formula is C11H15ClO5S. The second-order valence-corrected chi connectivity index (χ2v) is 5.69. The number of benzene rings is 1. The van der Waals surface area contributed by atoms with E-state index in [4.69, 9.17) is 25.3 Å². The number of hydrogen-bond acceptors (Lipinski definition) is 5. The standard InChI is InChI=1S/C11H15ClO5S/c1-15-8-16-11(7-17-18(2,13)14)9-4-3-5-10(12)6-9/h3-6,11H,7-8H2,1-2H3/t11-/m0/s1. The van der Waals surface area contributed by atoms with Crippen LogP contribution in [0.15, 0.2) is 24.3 Å². The van der Waals surface area contributed by atoms with Crippen LogP contribution in [0.1, 0.15) is 11.7 Å². The van der Waals surface area contributed by atoms with Crippen LogP contribution in [-0.4, -0.2) is 35.2 Å². The fourth-order valence-corrected chi connectivity index (χ4v) is 1.85. The average Bonchev–Trinajstić information content (AvgIpc) is 2.28. The second-order valence-electron chi connectivity index (χ2n) is 3.61. The Morgan fingerprint density at radius 3 is 2.67 bits per heavy atom. The summed E-state index contributed by atoms with van der Waals surface area (Å²) in [7, 11) is -2.04. The Morgan fingerprint density at radius 2 is 2.11 bits per heavy atom. The van der Waals surface area contributed by atoms with Crippen molar-refractivity contribution in [3.63, 3.8) is 0 Å². The van der Waals surface area contributed by atoms with Crippen molar-refractivity contribution < 1.29 is 22.1 Å². The summed E-state index contributed by atoms with van der Waals surface area (Å²) in [6.45, 7) is -0.0904. The summed E-state index contributed by atoms with van der Waals surface area (Å²) in [5.41, 5.74) is 0.725. The van der Waals surface area contributed by atoms with Crippen LogP contribution >= 0.6 is 11.6 Å². The topological polar surface area (TPSA) is 61.8 Å². The highest BCUT2D eigenvalue weighted by molar-refractivity contribution is 7.85. The molecule has 1 rings (SSSR count). The zero-order valence-electron chi connectivity index (χ0n) is 10.1. The first-order valence-electron chi connectivity index (χ1n) is 5.13. The van der Waals surface area contributed by atoms with Gasteiger partial charge in [-0.15, -0.1) is 0 Å². The van der Waals surface area contributed by atoms with Crippen LogP contribution in [0.3, 0.4) is 0 Å². The average molecular weight is 295 g/mol. The summed E-state index contributed by atoms with van der Waals surface area (Å²) in [6, 6.07) is 6.93. The summed E-state index contributed by atoms with van der Waals surface area (Å²) >= 11 is 5.87. The van der Waals surface area contributed by atoms with Crippen molar-refractivity contribution in [2.45, 2.75) is 6.10 Å². The number of methoxy groups -OCH3 is 1. The van der Waals surface area contributed by atoms with E-state index >= 15 is 0 Å². The van der Waals surface area contributed by atoms with Crippen LogP contribution in [-0.2, 0) is 23.8 Å². The molecule has 0 aliphatic heterocycles. The van der Waals surface area contributed by atoms with Gasteiger partial charge in [0.15, 0.2) is 0 Å². The van der Waals surface area contributed by atoms with Crippen molar-refractivity contribution in [1.82, 2.24) is 0 Å². The van der Waals surface area contributed by atoms with E-state index in [1.54, 1.807) is 24.3 Å². The van der Waals surface area contributed by atoms with Crippen LogP contribution in [0.4, 0.5) is 0 Å². The minimum atomic E-state index is -3.52. The molecule has 0 heterocycles. The first kappa shape index (κ1) is 15.4. The lowest BCUT2D eigenvalue weighted by molar-refractivity contribution is -0.0850. The van der Waals surface area contributed by atoms with Gasteiger partial charge in [0, 0.05) is 12.1 Å². The Kier molecular flexibility index (Phi) is 6.04. The minimum Gasteiger partial charge on any atom is -0.359 e. The Hall–Kier alpha value is -0.660. The van der Waals surface area contributed by atoms with Crippen molar-refractivity contribution in [3.8, 4) is 0 Å². The molecule has 1 aromatic carbocycles. The molecule has 0 radical (unpaired) electrons. The highest BCUT2D eigenvalue weighted by atomic mass is 35.5. The van der Waals surface area contributed by atoms with Crippen LogP contribution in [0.25, 0.3) is 0 Å². The van der Waals surface area contributed by atoms with Gasteiger partial charge in [0.25, 0.3) is 10.1 Å². The zero-order chi connectivity index (χ0) is 13.6. The van der Waals surface area contributed by atoms with Gasteiger partial charge in [-0.2, -0.15) is 8.42 Å². The third kappa shape index (κ3) is 5.79. The minimum absolute atomic E-state index is 0.0320. The molecule has 0 amide bonds. The van der Waals surface area contributed by atoms with Gasteiger partial charge in [-0.1, -0.05) is 23.7 Å². The molecule has 0 aliphatic rings. The van der Waals surface area contributed by atoms with Crippen LogP contribution < -0.4 is 0 Å². The molecule has 102 valence electrons. The molecule has 0 N–H and O–H groups in total. The Bertz CT molecular complexity index is 474. The monoisotopic (exact) mass is 294 g/mol. The third-order valence-electron chi connectivity index (χ3n) is 2.04. The first-order valence-corrected chi connectivity index (χ1v) is 7.32. The van der Waals surface area contributed by atoms with Gasteiger partial charge in [0.2, 0.25) is 0 Å². The zero-order valence-corrected chi connectivity index (χ0v) is 11.7.